The number of nitrogens with zero attached hydrogens (tertiary/aromatic N) is 1. The fraction of sp³-hybridized carbons (Fsp3) is 0.800. The van der Waals surface area contributed by atoms with Crippen molar-refractivity contribution in [2.45, 2.75) is 25.4 Å². The van der Waals surface area contributed by atoms with Gasteiger partial charge in [0.1, 0.15) is 0 Å². The molecule has 0 aromatic heterocycles. The average molecular weight is 249 g/mol. The van der Waals surface area contributed by atoms with Crippen LogP contribution in [0.1, 0.15) is 19.3 Å². The zero-order chi connectivity index (χ0) is 12.0. The normalized spacial score (nSPS) is 20.6. The summed E-state index contributed by atoms with van der Waals surface area (Å²) in [5, 5.41) is 2.30. The van der Waals surface area contributed by atoms with Gasteiger partial charge in [-0.15, -0.1) is 11.6 Å². The molecule has 92 valence electrons. The van der Waals surface area contributed by atoms with Crippen molar-refractivity contribution in [3.63, 3.8) is 0 Å². The first kappa shape index (κ1) is 13.3. The van der Waals surface area contributed by atoms with Crippen molar-refractivity contribution >= 4 is 23.5 Å². The molecule has 0 spiro atoms. The molecular formula is C10H17ClN2O3. The number of urea groups is 1. The van der Waals surface area contributed by atoms with Crippen LogP contribution in [-0.4, -0.2) is 49.0 Å². The van der Waals surface area contributed by atoms with E-state index < -0.39 is 0 Å². The van der Waals surface area contributed by atoms with E-state index in [1.54, 1.807) is 12.0 Å². The number of methoxy groups -OCH3 is 1. The number of rotatable bonds is 3. The highest BCUT2D eigenvalue weighted by atomic mass is 35.5. The van der Waals surface area contributed by atoms with E-state index in [0.29, 0.717) is 13.1 Å². The van der Waals surface area contributed by atoms with Crippen LogP contribution in [0.2, 0.25) is 0 Å². The van der Waals surface area contributed by atoms with Crippen molar-refractivity contribution in [1.82, 2.24) is 10.2 Å². The second-order valence-electron chi connectivity index (χ2n) is 3.74. The van der Waals surface area contributed by atoms with E-state index in [0.717, 1.165) is 12.8 Å². The van der Waals surface area contributed by atoms with Crippen LogP contribution in [0.15, 0.2) is 0 Å². The highest BCUT2D eigenvalue weighted by Gasteiger charge is 2.24. The second-order valence-corrected chi connectivity index (χ2v) is 4.12. The molecular weight excluding hydrogens is 232 g/mol. The van der Waals surface area contributed by atoms with Gasteiger partial charge < -0.3 is 9.64 Å². The summed E-state index contributed by atoms with van der Waals surface area (Å²) in [6, 6.07) is -0.350. The maximum absolute atomic E-state index is 11.6. The Kier molecular flexibility index (Phi) is 5.55. The first-order valence-electron chi connectivity index (χ1n) is 5.35. The third kappa shape index (κ3) is 3.98. The van der Waals surface area contributed by atoms with Gasteiger partial charge in [-0.3, -0.25) is 10.1 Å². The summed E-state index contributed by atoms with van der Waals surface area (Å²) in [6.45, 7) is 1.20. The quantitative estimate of drug-likeness (QED) is 0.757. The molecule has 0 aliphatic carbocycles. The average Bonchev–Trinajstić information content (AvgIpc) is 2.29. The number of amides is 3. The summed E-state index contributed by atoms with van der Waals surface area (Å²) in [5.74, 6) is -0.112. The number of carbonyl (C=O) groups excluding carboxylic acids is 2. The van der Waals surface area contributed by atoms with Crippen LogP contribution in [0, 0.1) is 0 Å². The zero-order valence-electron chi connectivity index (χ0n) is 9.37. The van der Waals surface area contributed by atoms with Crippen molar-refractivity contribution in [3.8, 4) is 0 Å². The van der Waals surface area contributed by atoms with Crippen molar-refractivity contribution in [3.05, 3.63) is 0 Å². The minimum Gasteiger partial charge on any atom is -0.380 e. The lowest BCUT2D eigenvalue weighted by Gasteiger charge is -2.31. The lowest BCUT2D eigenvalue weighted by molar-refractivity contribution is -0.119. The molecule has 1 atom stereocenters. The zero-order valence-corrected chi connectivity index (χ0v) is 10.1. The molecule has 0 saturated carbocycles. The van der Waals surface area contributed by atoms with Crippen molar-refractivity contribution in [2.75, 3.05) is 26.1 Å². The summed E-state index contributed by atoms with van der Waals surface area (Å²) in [6.07, 6.45) is 2.09. The summed E-state index contributed by atoms with van der Waals surface area (Å²) < 4.78 is 5.20. The third-order valence-electron chi connectivity index (χ3n) is 2.57. The van der Waals surface area contributed by atoms with Gasteiger partial charge in [0.15, 0.2) is 0 Å². The number of imide groups is 1. The van der Waals surface area contributed by atoms with Crippen molar-refractivity contribution in [1.29, 1.82) is 0 Å². The molecule has 1 aliphatic rings. The van der Waals surface area contributed by atoms with Gasteiger partial charge in [-0.05, 0) is 12.8 Å². The molecule has 1 unspecified atom stereocenters. The van der Waals surface area contributed by atoms with E-state index in [2.05, 4.69) is 5.32 Å². The van der Waals surface area contributed by atoms with Gasteiger partial charge in [-0.1, -0.05) is 0 Å². The number of ether oxygens (including phenoxy) is 1. The number of piperidine rings is 1. The Morgan fingerprint density at radius 2 is 2.31 bits per heavy atom. The van der Waals surface area contributed by atoms with Gasteiger partial charge >= 0.3 is 6.03 Å². The van der Waals surface area contributed by atoms with Crippen LogP contribution in [-0.2, 0) is 9.53 Å². The molecule has 0 aromatic carbocycles. The molecule has 3 amide bonds. The molecule has 1 aliphatic heterocycles. The molecule has 0 bridgehead atoms. The highest BCUT2D eigenvalue weighted by molar-refractivity contribution is 6.19. The topological polar surface area (TPSA) is 58.6 Å². The lowest BCUT2D eigenvalue weighted by Crippen LogP contribution is -2.49. The maximum Gasteiger partial charge on any atom is 0.324 e. The van der Waals surface area contributed by atoms with Crippen LogP contribution in [0.25, 0.3) is 0 Å². The lowest BCUT2D eigenvalue weighted by atomic mass is 10.1. The fourth-order valence-corrected chi connectivity index (χ4v) is 1.83. The van der Waals surface area contributed by atoms with Crippen LogP contribution in [0.4, 0.5) is 4.79 Å². The van der Waals surface area contributed by atoms with Crippen LogP contribution < -0.4 is 5.32 Å². The molecule has 1 N–H and O–H groups in total. The Morgan fingerprint density at radius 1 is 1.56 bits per heavy atom. The maximum atomic E-state index is 11.6. The Bertz CT molecular complexity index is 260. The van der Waals surface area contributed by atoms with Gasteiger partial charge in [0.2, 0.25) is 5.91 Å². The number of nitrogens with one attached hydrogen (secondary N) is 1. The van der Waals surface area contributed by atoms with Gasteiger partial charge in [-0.2, -0.15) is 0 Å². The third-order valence-corrected chi connectivity index (χ3v) is 2.76. The van der Waals surface area contributed by atoms with E-state index in [-0.39, 0.29) is 30.3 Å². The molecule has 0 radical (unpaired) electrons. The van der Waals surface area contributed by atoms with Crippen molar-refractivity contribution < 1.29 is 14.3 Å². The molecule has 1 heterocycles. The highest BCUT2D eigenvalue weighted by Crippen LogP contribution is 2.12. The van der Waals surface area contributed by atoms with Crippen LogP contribution in [0.5, 0.6) is 0 Å². The summed E-state index contributed by atoms with van der Waals surface area (Å²) in [7, 11) is 1.63. The number of carbonyl (C=O) groups is 2. The first-order valence-corrected chi connectivity index (χ1v) is 5.88. The Morgan fingerprint density at radius 3 is 2.94 bits per heavy atom. The van der Waals surface area contributed by atoms with E-state index in [1.165, 1.54) is 0 Å². The molecule has 6 heteroatoms. The van der Waals surface area contributed by atoms with E-state index >= 15 is 0 Å². The number of hydrogen-bond acceptors (Lipinski definition) is 3. The van der Waals surface area contributed by atoms with Gasteiger partial charge in [0, 0.05) is 32.5 Å². The second kappa shape index (κ2) is 6.70. The minimum absolute atomic E-state index is 0.0719. The molecule has 1 fully saturated rings. The van der Waals surface area contributed by atoms with E-state index in [1.807, 2.05) is 0 Å². The van der Waals surface area contributed by atoms with Crippen molar-refractivity contribution in [2.24, 2.45) is 0 Å². The summed E-state index contributed by atoms with van der Waals surface area (Å²) >= 11 is 5.41. The molecule has 5 nitrogen and oxygen atoms in total. The van der Waals surface area contributed by atoms with E-state index in [4.69, 9.17) is 16.3 Å². The number of halogens is 1. The molecule has 0 aromatic rings. The Balaban J connectivity index is 2.38. The Labute approximate surface area is 100 Å². The van der Waals surface area contributed by atoms with Crippen LogP contribution in [0.3, 0.4) is 0 Å². The number of likely N-dealkylation sites (tertiary alicyclic amines) is 1. The smallest absolute Gasteiger partial charge is 0.324 e. The fourth-order valence-electron chi connectivity index (χ4n) is 1.66. The molecule has 16 heavy (non-hydrogen) atoms. The molecule has 1 saturated heterocycles. The van der Waals surface area contributed by atoms with Gasteiger partial charge in [-0.25, -0.2) is 4.79 Å². The number of hydrogen-bond donors (Lipinski definition) is 1. The summed E-state index contributed by atoms with van der Waals surface area (Å²) in [5.41, 5.74) is 0. The number of alkyl halides is 1. The van der Waals surface area contributed by atoms with E-state index in [9.17, 15) is 9.59 Å². The monoisotopic (exact) mass is 248 g/mol. The van der Waals surface area contributed by atoms with Gasteiger partial charge in [0.05, 0.1) is 6.10 Å². The SMILES string of the molecule is COC1CCCN(C(=O)NC(=O)CCCl)C1. The molecule has 1 rings (SSSR count). The minimum atomic E-state index is -0.350. The Hall–Kier alpha value is -0.810. The largest absolute Gasteiger partial charge is 0.380 e. The predicted molar refractivity (Wildman–Crippen MR) is 60.5 cm³/mol. The first-order chi connectivity index (χ1) is 7.67. The predicted octanol–water partition coefficient (Wildman–Crippen LogP) is 0.962. The summed E-state index contributed by atoms with van der Waals surface area (Å²) in [4.78, 5) is 24.4. The van der Waals surface area contributed by atoms with Crippen LogP contribution >= 0.6 is 11.6 Å². The van der Waals surface area contributed by atoms with Gasteiger partial charge in [0.25, 0.3) is 0 Å². The standard InChI is InChI=1S/C10H17ClN2O3/c1-16-8-3-2-6-13(7-8)10(15)12-9(14)4-5-11/h8H,2-7H2,1H3,(H,12,14,15).